The van der Waals surface area contributed by atoms with E-state index in [1.165, 1.54) is 0 Å². The van der Waals surface area contributed by atoms with Gasteiger partial charge in [-0.1, -0.05) is 61.3 Å². The number of benzene rings is 1. The van der Waals surface area contributed by atoms with E-state index in [1.807, 2.05) is 48.2 Å². The number of carbonyl (C=O) groups excluding carboxylic acids is 1. The van der Waals surface area contributed by atoms with Gasteiger partial charge in [0.25, 0.3) is 0 Å². The molecule has 1 aliphatic heterocycles. The van der Waals surface area contributed by atoms with Crippen LogP contribution in [0.4, 0.5) is 0 Å². The lowest BCUT2D eigenvalue weighted by Gasteiger charge is -2.54. The van der Waals surface area contributed by atoms with Crippen molar-refractivity contribution in [3.05, 3.63) is 58.1 Å². The number of likely N-dealkylation sites (tertiary alicyclic amines) is 1. The smallest absolute Gasteiger partial charge is 0.304 e. The number of hydrogen-bond acceptors (Lipinski definition) is 3. The highest BCUT2D eigenvalue weighted by atomic mass is 35.5. The van der Waals surface area contributed by atoms with Crippen molar-refractivity contribution in [1.29, 1.82) is 0 Å². The number of aliphatic hydroxyl groups excluding tert-OH is 1. The van der Waals surface area contributed by atoms with Crippen LogP contribution in [0.25, 0.3) is 0 Å². The molecule has 1 saturated heterocycles. The van der Waals surface area contributed by atoms with Crippen molar-refractivity contribution in [3.8, 4) is 0 Å². The summed E-state index contributed by atoms with van der Waals surface area (Å²) in [5.74, 6) is -1.08. The highest BCUT2D eigenvalue weighted by Crippen LogP contribution is 2.52. The Labute approximate surface area is 211 Å². The van der Waals surface area contributed by atoms with Gasteiger partial charge in [-0.25, -0.2) is 0 Å². The first kappa shape index (κ1) is 25.3. The van der Waals surface area contributed by atoms with Crippen LogP contribution in [0.15, 0.2) is 47.5 Å². The first-order valence-electron chi connectivity index (χ1n) is 12.2. The minimum Gasteiger partial charge on any atom is -0.481 e. The van der Waals surface area contributed by atoms with Crippen molar-refractivity contribution in [2.24, 2.45) is 17.3 Å². The van der Waals surface area contributed by atoms with E-state index in [0.717, 1.165) is 18.4 Å². The number of carbonyl (C=O) groups is 2. The van der Waals surface area contributed by atoms with Crippen LogP contribution in [-0.2, 0) is 9.59 Å². The van der Waals surface area contributed by atoms with Crippen molar-refractivity contribution in [3.63, 3.8) is 0 Å². The molecule has 34 heavy (non-hydrogen) atoms. The number of carboxylic acids is 1. The summed E-state index contributed by atoms with van der Waals surface area (Å²) in [7, 11) is 0. The minimum absolute atomic E-state index is 0.00452. The van der Waals surface area contributed by atoms with E-state index in [9.17, 15) is 19.8 Å². The SMILES string of the molecule is CC[C@H](O)C(C1CC1)N1C(=O)[C@@](C)(CC(=O)O)C[C@H](c2cccc(Cl)c2)C1C1C=CC(Cl)=CC1. The predicted molar refractivity (Wildman–Crippen MR) is 134 cm³/mol. The standard InChI is InChI=1S/C27H33Cl2NO4/c1-3-22(31)25(17-7-8-17)30-24(16-9-11-19(28)12-10-16)21(18-5-4-6-20(29)13-18)14-27(2,26(30)34)15-23(32)33/h4-6,9,11-13,16-17,21-22,24-25,31H,3,7-8,10,14-15H2,1-2H3,(H,32,33)/t16?,21-,22+,24?,25?,27-/m1/s1. The number of carboxylic acid groups (broad SMARTS) is 1. The van der Waals surface area contributed by atoms with Crippen LogP contribution in [-0.4, -0.2) is 45.2 Å². The quantitative estimate of drug-likeness (QED) is 0.471. The number of hydrogen-bond donors (Lipinski definition) is 2. The van der Waals surface area contributed by atoms with Gasteiger partial charge < -0.3 is 15.1 Å². The molecular weight excluding hydrogens is 473 g/mol. The molecule has 7 heteroatoms. The van der Waals surface area contributed by atoms with E-state index in [4.69, 9.17) is 23.2 Å². The maximum absolute atomic E-state index is 14.2. The van der Waals surface area contributed by atoms with Crippen molar-refractivity contribution in [2.75, 3.05) is 0 Å². The summed E-state index contributed by atoms with van der Waals surface area (Å²) in [5, 5.41) is 22.1. The minimum atomic E-state index is -1.08. The Morgan fingerprint density at radius 2 is 2.03 bits per heavy atom. The molecule has 0 spiro atoms. The second-order valence-corrected chi connectivity index (χ2v) is 11.2. The summed E-state index contributed by atoms with van der Waals surface area (Å²) < 4.78 is 0. The first-order chi connectivity index (χ1) is 16.1. The van der Waals surface area contributed by atoms with Gasteiger partial charge in [-0.3, -0.25) is 9.59 Å². The highest BCUT2D eigenvalue weighted by Gasteiger charge is 2.56. The molecule has 6 atom stereocenters. The Morgan fingerprint density at radius 1 is 1.29 bits per heavy atom. The highest BCUT2D eigenvalue weighted by molar-refractivity contribution is 6.31. The van der Waals surface area contributed by atoms with Gasteiger partial charge in [-0.2, -0.15) is 0 Å². The Bertz CT molecular complexity index is 1000. The molecule has 0 radical (unpaired) electrons. The van der Waals surface area contributed by atoms with Crippen LogP contribution >= 0.6 is 23.2 Å². The lowest BCUT2D eigenvalue weighted by atomic mass is 9.65. The Kier molecular flexibility index (Phi) is 7.47. The van der Waals surface area contributed by atoms with E-state index in [0.29, 0.717) is 29.3 Å². The maximum atomic E-state index is 14.2. The molecule has 1 aromatic rings. The molecule has 3 unspecified atom stereocenters. The number of rotatable bonds is 8. The second-order valence-electron chi connectivity index (χ2n) is 10.4. The molecule has 3 aliphatic rings. The normalized spacial score (nSPS) is 31.2. The average molecular weight is 506 g/mol. The zero-order valence-corrected chi connectivity index (χ0v) is 21.2. The fourth-order valence-electron chi connectivity index (χ4n) is 5.98. The van der Waals surface area contributed by atoms with Crippen molar-refractivity contribution in [1.82, 2.24) is 4.90 Å². The third-order valence-electron chi connectivity index (χ3n) is 7.74. The average Bonchev–Trinajstić information content (AvgIpc) is 3.62. The fourth-order valence-corrected chi connectivity index (χ4v) is 6.34. The summed E-state index contributed by atoms with van der Waals surface area (Å²) in [5.41, 5.74) is -0.0943. The Balaban J connectivity index is 1.87. The lowest BCUT2D eigenvalue weighted by Crippen LogP contribution is -2.64. The molecule has 4 rings (SSSR count). The number of amides is 1. The molecule has 1 amide bonds. The molecular formula is C27H33Cl2NO4. The van der Waals surface area contributed by atoms with E-state index >= 15 is 0 Å². The maximum Gasteiger partial charge on any atom is 0.304 e. The third-order valence-corrected chi connectivity index (χ3v) is 8.25. The molecule has 0 bridgehead atoms. The number of halogens is 2. The van der Waals surface area contributed by atoms with Gasteiger partial charge in [0.05, 0.1) is 24.0 Å². The number of piperidine rings is 1. The largest absolute Gasteiger partial charge is 0.481 e. The molecule has 0 aromatic heterocycles. The van der Waals surface area contributed by atoms with Gasteiger partial charge in [-0.05, 0) is 61.8 Å². The van der Waals surface area contributed by atoms with Crippen LogP contribution in [0.5, 0.6) is 0 Å². The Hall–Kier alpha value is -1.82. The summed E-state index contributed by atoms with van der Waals surface area (Å²) >= 11 is 12.6. The van der Waals surface area contributed by atoms with Gasteiger partial charge >= 0.3 is 5.97 Å². The summed E-state index contributed by atoms with van der Waals surface area (Å²) in [6, 6.07) is 7.07. The number of aliphatic carboxylic acids is 1. The predicted octanol–water partition coefficient (Wildman–Crippen LogP) is 5.75. The van der Waals surface area contributed by atoms with Crippen LogP contribution in [0.3, 0.4) is 0 Å². The zero-order valence-electron chi connectivity index (χ0n) is 19.7. The van der Waals surface area contributed by atoms with Crippen LogP contribution < -0.4 is 0 Å². The summed E-state index contributed by atoms with van der Waals surface area (Å²) in [6.45, 7) is 3.69. The van der Waals surface area contributed by atoms with Gasteiger partial charge in [0, 0.05) is 27.9 Å². The second kappa shape index (κ2) is 10.0. The van der Waals surface area contributed by atoms with Crippen molar-refractivity contribution in [2.45, 2.75) is 76.5 Å². The first-order valence-corrected chi connectivity index (χ1v) is 12.9. The molecule has 1 saturated carbocycles. The molecule has 1 heterocycles. The lowest BCUT2D eigenvalue weighted by molar-refractivity contribution is -0.165. The third kappa shape index (κ3) is 5.07. The molecule has 2 N–H and O–H groups in total. The molecule has 184 valence electrons. The van der Waals surface area contributed by atoms with Gasteiger partial charge in [-0.15, -0.1) is 0 Å². The monoisotopic (exact) mass is 505 g/mol. The van der Waals surface area contributed by atoms with Gasteiger partial charge in [0.15, 0.2) is 0 Å². The molecule has 2 fully saturated rings. The zero-order chi connectivity index (χ0) is 24.6. The molecule has 2 aliphatic carbocycles. The Morgan fingerprint density at radius 3 is 2.59 bits per heavy atom. The van der Waals surface area contributed by atoms with Crippen molar-refractivity contribution < 1.29 is 19.8 Å². The van der Waals surface area contributed by atoms with Crippen molar-refractivity contribution >= 4 is 35.1 Å². The van der Waals surface area contributed by atoms with E-state index in [-0.39, 0.29) is 42.2 Å². The summed E-state index contributed by atoms with van der Waals surface area (Å²) in [4.78, 5) is 28.0. The van der Waals surface area contributed by atoms with E-state index < -0.39 is 17.5 Å². The van der Waals surface area contributed by atoms with E-state index in [2.05, 4.69) is 6.08 Å². The topological polar surface area (TPSA) is 77.8 Å². The van der Waals surface area contributed by atoms with Crippen LogP contribution in [0, 0.1) is 17.3 Å². The van der Waals surface area contributed by atoms with Gasteiger partial charge in [0.1, 0.15) is 0 Å². The van der Waals surface area contributed by atoms with Crippen LogP contribution in [0.2, 0.25) is 5.02 Å². The number of nitrogens with zero attached hydrogens (tertiary/aromatic N) is 1. The fraction of sp³-hybridized carbons (Fsp3) is 0.556. The van der Waals surface area contributed by atoms with Crippen LogP contribution in [0.1, 0.15) is 63.9 Å². The van der Waals surface area contributed by atoms with Gasteiger partial charge in [0.2, 0.25) is 5.91 Å². The van der Waals surface area contributed by atoms with E-state index in [1.54, 1.807) is 6.92 Å². The molecule has 1 aromatic carbocycles. The number of allylic oxidation sites excluding steroid dienone is 3. The summed E-state index contributed by atoms with van der Waals surface area (Å²) in [6.07, 6.45) is 8.52. The molecule has 5 nitrogen and oxygen atoms in total. The number of aliphatic hydroxyl groups is 1.